The van der Waals surface area contributed by atoms with E-state index < -0.39 is 0 Å². The number of hydrogen-bond donors (Lipinski definition) is 3. The van der Waals surface area contributed by atoms with Crippen molar-refractivity contribution < 1.29 is 14.7 Å². The first-order valence-electron chi connectivity index (χ1n) is 6.80. The van der Waals surface area contributed by atoms with Crippen molar-refractivity contribution >= 4 is 44.7 Å². The van der Waals surface area contributed by atoms with Crippen molar-refractivity contribution in [1.82, 2.24) is 4.98 Å². The molecule has 6 nitrogen and oxygen atoms in total. The molecule has 0 saturated carbocycles. The van der Waals surface area contributed by atoms with Crippen LogP contribution in [0.3, 0.4) is 0 Å². The highest BCUT2D eigenvalue weighted by atomic mass is 32.1. The Morgan fingerprint density at radius 1 is 1.09 bits per heavy atom. The molecule has 0 aliphatic heterocycles. The summed E-state index contributed by atoms with van der Waals surface area (Å²) >= 11 is 1.20. The van der Waals surface area contributed by atoms with Gasteiger partial charge in [-0.2, -0.15) is 0 Å². The maximum atomic E-state index is 12.3. The molecule has 0 bridgehead atoms. The van der Waals surface area contributed by atoms with Gasteiger partial charge in [-0.25, -0.2) is 4.98 Å². The standard InChI is InChI=1S/C16H13N3O3S/c1-9(20)17-10-3-2-4-11(7-10)18-15(22)16-19-13-6-5-12(21)8-14(13)23-16/h2-8,21H,1H3,(H,17,20)(H,18,22). The molecule has 1 heterocycles. The topological polar surface area (TPSA) is 91.3 Å². The van der Waals surface area contributed by atoms with E-state index in [1.54, 1.807) is 36.4 Å². The second kappa shape index (κ2) is 6.05. The Labute approximate surface area is 135 Å². The van der Waals surface area contributed by atoms with Crippen LogP contribution in [0.2, 0.25) is 0 Å². The van der Waals surface area contributed by atoms with E-state index >= 15 is 0 Å². The first-order valence-corrected chi connectivity index (χ1v) is 7.61. The number of aromatic nitrogens is 1. The van der Waals surface area contributed by atoms with Crippen LogP contribution in [0.1, 0.15) is 16.7 Å². The Kier molecular flexibility index (Phi) is 3.94. The maximum absolute atomic E-state index is 12.3. The fourth-order valence-electron chi connectivity index (χ4n) is 2.07. The van der Waals surface area contributed by atoms with E-state index in [1.165, 1.54) is 24.3 Å². The third kappa shape index (κ3) is 3.46. The van der Waals surface area contributed by atoms with Crippen LogP contribution >= 0.6 is 11.3 Å². The summed E-state index contributed by atoms with van der Waals surface area (Å²) in [5, 5.41) is 15.2. The number of anilines is 2. The molecule has 0 aliphatic rings. The van der Waals surface area contributed by atoms with Crippen LogP contribution in [0.15, 0.2) is 42.5 Å². The zero-order valence-electron chi connectivity index (χ0n) is 12.2. The largest absolute Gasteiger partial charge is 0.508 e. The molecule has 3 aromatic rings. The van der Waals surface area contributed by atoms with E-state index in [9.17, 15) is 14.7 Å². The predicted molar refractivity (Wildman–Crippen MR) is 90.0 cm³/mol. The van der Waals surface area contributed by atoms with Crippen molar-refractivity contribution in [2.75, 3.05) is 10.6 Å². The molecular formula is C16H13N3O3S. The minimum Gasteiger partial charge on any atom is -0.508 e. The van der Waals surface area contributed by atoms with Gasteiger partial charge in [0.15, 0.2) is 5.01 Å². The quantitative estimate of drug-likeness (QED) is 0.689. The number of nitrogens with one attached hydrogen (secondary N) is 2. The van der Waals surface area contributed by atoms with Gasteiger partial charge in [0.2, 0.25) is 5.91 Å². The third-order valence-electron chi connectivity index (χ3n) is 3.01. The minimum atomic E-state index is -0.342. The van der Waals surface area contributed by atoms with Crippen molar-refractivity contribution in [3.8, 4) is 5.75 Å². The van der Waals surface area contributed by atoms with Gasteiger partial charge in [-0.15, -0.1) is 11.3 Å². The van der Waals surface area contributed by atoms with Gasteiger partial charge in [0.1, 0.15) is 5.75 Å². The molecule has 0 aliphatic carbocycles. The number of nitrogens with zero attached hydrogens (tertiary/aromatic N) is 1. The van der Waals surface area contributed by atoms with Gasteiger partial charge in [0, 0.05) is 18.3 Å². The lowest BCUT2D eigenvalue weighted by atomic mass is 10.2. The number of amides is 2. The van der Waals surface area contributed by atoms with Crippen LogP contribution in [-0.2, 0) is 4.79 Å². The predicted octanol–water partition coefficient (Wildman–Crippen LogP) is 3.21. The Balaban J connectivity index is 1.81. The minimum absolute atomic E-state index is 0.135. The van der Waals surface area contributed by atoms with Crippen LogP contribution < -0.4 is 10.6 Å². The van der Waals surface area contributed by atoms with E-state index in [2.05, 4.69) is 15.6 Å². The lowest BCUT2D eigenvalue weighted by Crippen LogP contribution is -2.12. The number of aromatic hydroxyl groups is 1. The summed E-state index contributed by atoms with van der Waals surface area (Å²) in [6.07, 6.45) is 0. The molecule has 23 heavy (non-hydrogen) atoms. The van der Waals surface area contributed by atoms with E-state index in [4.69, 9.17) is 0 Å². The highest BCUT2D eigenvalue weighted by Crippen LogP contribution is 2.26. The summed E-state index contributed by atoms with van der Waals surface area (Å²) in [6, 6.07) is 11.6. The van der Waals surface area contributed by atoms with Crippen molar-refractivity contribution in [2.45, 2.75) is 6.92 Å². The maximum Gasteiger partial charge on any atom is 0.284 e. The third-order valence-corrected chi connectivity index (χ3v) is 4.02. The monoisotopic (exact) mass is 327 g/mol. The van der Waals surface area contributed by atoms with E-state index in [0.717, 1.165) is 4.70 Å². The molecule has 0 fully saturated rings. The molecule has 0 saturated heterocycles. The Morgan fingerprint density at radius 2 is 1.83 bits per heavy atom. The molecule has 1 aromatic heterocycles. The van der Waals surface area contributed by atoms with Gasteiger partial charge in [-0.1, -0.05) is 6.07 Å². The van der Waals surface area contributed by atoms with Crippen molar-refractivity contribution in [1.29, 1.82) is 0 Å². The molecular weight excluding hydrogens is 314 g/mol. The fraction of sp³-hybridized carbons (Fsp3) is 0.0625. The summed E-state index contributed by atoms with van der Waals surface area (Å²) in [4.78, 5) is 27.6. The molecule has 2 amide bonds. The molecule has 3 rings (SSSR count). The first kappa shape index (κ1) is 15.0. The molecule has 116 valence electrons. The van der Waals surface area contributed by atoms with Gasteiger partial charge in [0.05, 0.1) is 10.2 Å². The second-order valence-corrected chi connectivity index (χ2v) is 5.92. The van der Waals surface area contributed by atoms with Crippen LogP contribution in [0.4, 0.5) is 11.4 Å². The van der Waals surface area contributed by atoms with Gasteiger partial charge in [0.25, 0.3) is 5.91 Å². The van der Waals surface area contributed by atoms with E-state index in [0.29, 0.717) is 21.9 Å². The number of hydrogen-bond acceptors (Lipinski definition) is 5. The average molecular weight is 327 g/mol. The summed E-state index contributed by atoms with van der Waals surface area (Å²) in [6.45, 7) is 1.42. The molecule has 0 radical (unpaired) electrons. The number of carbonyl (C=O) groups excluding carboxylic acids is 2. The number of benzene rings is 2. The van der Waals surface area contributed by atoms with Crippen molar-refractivity contribution in [3.63, 3.8) is 0 Å². The number of rotatable bonds is 3. The Morgan fingerprint density at radius 3 is 2.57 bits per heavy atom. The first-order chi connectivity index (χ1) is 11.0. The van der Waals surface area contributed by atoms with E-state index in [1.807, 2.05) is 0 Å². The molecule has 7 heteroatoms. The lowest BCUT2D eigenvalue weighted by molar-refractivity contribution is -0.114. The molecule has 3 N–H and O–H groups in total. The lowest BCUT2D eigenvalue weighted by Gasteiger charge is -2.06. The molecule has 2 aromatic carbocycles. The smallest absolute Gasteiger partial charge is 0.284 e. The summed E-state index contributed by atoms with van der Waals surface area (Å²) < 4.78 is 0.738. The number of fused-ring (bicyclic) bond motifs is 1. The summed E-state index contributed by atoms with van der Waals surface area (Å²) in [7, 11) is 0. The number of carbonyl (C=O) groups is 2. The van der Waals surface area contributed by atoms with E-state index in [-0.39, 0.29) is 17.6 Å². The highest BCUT2D eigenvalue weighted by Gasteiger charge is 2.13. The Bertz CT molecular complexity index is 904. The van der Waals surface area contributed by atoms with Gasteiger partial charge < -0.3 is 15.7 Å². The number of phenolic OH excluding ortho intramolecular Hbond substituents is 1. The van der Waals surface area contributed by atoms with Crippen LogP contribution in [-0.4, -0.2) is 21.9 Å². The Hall–Kier alpha value is -2.93. The highest BCUT2D eigenvalue weighted by molar-refractivity contribution is 7.20. The normalized spacial score (nSPS) is 10.5. The number of phenols is 1. The van der Waals surface area contributed by atoms with Crippen molar-refractivity contribution in [2.24, 2.45) is 0 Å². The second-order valence-electron chi connectivity index (χ2n) is 4.89. The van der Waals surface area contributed by atoms with Gasteiger partial charge >= 0.3 is 0 Å². The molecule has 0 spiro atoms. The summed E-state index contributed by atoms with van der Waals surface area (Å²) in [5.41, 5.74) is 1.82. The zero-order valence-corrected chi connectivity index (χ0v) is 13.0. The fourth-order valence-corrected chi connectivity index (χ4v) is 2.97. The molecule has 0 atom stereocenters. The van der Waals surface area contributed by atoms with Crippen LogP contribution in [0.25, 0.3) is 10.2 Å². The van der Waals surface area contributed by atoms with Crippen LogP contribution in [0, 0.1) is 0 Å². The summed E-state index contributed by atoms with van der Waals surface area (Å²) in [5.74, 6) is -0.388. The van der Waals surface area contributed by atoms with Gasteiger partial charge in [-0.05, 0) is 36.4 Å². The van der Waals surface area contributed by atoms with Crippen LogP contribution in [0.5, 0.6) is 5.75 Å². The number of thiazole rings is 1. The molecule has 0 unspecified atom stereocenters. The average Bonchev–Trinajstić information content (AvgIpc) is 2.90. The zero-order chi connectivity index (χ0) is 16.4. The van der Waals surface area contributed by atoms with Gasteiger partial charge in [-0.3, -0.25) is 9.59 Å². The SMILES string of the molecule is CC(=O)Nc1cccc(NC(=O)c2nc3ccc(O)cc3s2)c1. The van der Waals surface area contributed by atoms with Crippen molar-refractivity contribution in [3.05, 3.63) is 47.5 Å².